The Morgan fingerprint density at radius 1 is 1.07 bits per heavy atom. The van der Waals surface area contributed by atoms with Gasteiger partial charge in [0.25, 0.3) is 0 Å². The summed E-state index contributed by atoms with van der Waals surface area (Å²) < 4.78 is 0. The van der Waals surface area contributed by atoms with E-state index in [0.29, 0.717) is 10.8 Å². The summed E-state index contributed by atoms with van der Waals surface area (Å²) in [4.78, 5) is 0. The summed E-state index contributed by atoms with van der Waals surface area (Å²) in [5, 5.41) is 0. The first-order valence-electron chi connectivity index (χ1n) is 11.6. The van der Waals surface area contributed by atoms with E-state index < -0.39 is 0 Å². The molecular formula is C29H40. The van der Waals surface area contributed by atoms with Gasteiger partial charge in [-0.3, -0.25) is 0 Å². The van der Waals surface area contributed by atoms with E-state index in [9.17, 15) is 0 Å². The van der Waals surface area contributed by atoms with E-state index in [1.165, 1.54) is 61.6 Å². The molecule has 0 fully saturated rings. The number of benzene rings is 1. The van der Waals surface area contributed by atoms with Crippen LogP contribution < -0.4 is 0 Å². The molecule has 1 aromatic carbocycles. The van der Waals surface area contributed by atoms with Gasteiger partial charge in [0.1, 0.15) is 0 Å². The summed E-state index contributed by atoms with van der Waals surface area (Å²) in [6.07, 6.45) is 18.0. The van der Waals surface area contributed by atoms with Gasteiger partial charge in [-0.1, -0.05) is 91.6 Å². The summed E-state index contributed by atoms with van der Waals surface area (Å²) in [5.74, 6) is 0. The Kier molecular flexibility index (Phi) is 6.72. The number of hydrogen-bond donors (Lipinski definition) is 0. The molecule has 0 N–H and O–H groups in total. The smallest absolute Gasteiger partial charge is 0.00701 e. The Labute approximate surface area is 179 Å². The lowest BCUT2D eigenvalue weighted by Crippen LogP contribution is -2.24. The molecule has 0 amide bonds. The van der Waals surface area contributed by atoms with Crippen LogP contribution >= 0.6 is 0 Å². The van der Waals surface area contributed by atoms with E-state index in [2.05, 4.69) is 90.1 Å². The molecule has 1 aromatic rings. The highest BCUT2D eigenvalue weighted by Gasteiger charge is 2.42. The van der Waals surface area contributed by atoms with Crippen LogP contribution in [0.15, 0.2) is 65.3 Å². The second-order valence-corrected chi connectivity index (χ2v) is 10.1. The van der Waals surface area contributed by atoms with Gasteiger partial charge in [0.05, 0.1) is 0 Å². The zero-order valence-electron chi connectivity index (χ0n) is 19.6. The Hall–Kier alpha value is -1.82. The van der Waals surface area contributed by atoms with Gasteiger partial charge in [-0.25, -0.2) is 0 Å². The van der Waals surface area contributed by atoms with E-state index >= 15 is 0 Å². The van der Waals surface area contributed by atoms with Crippen LogP contribution in [0.4, 0.5) is 0 Å². The molecule has 29 heavy (non-hydrogen) atoms. The minimum Gasteiger partial charge on any atom is -0.0847 e. The van der Waals surface area contributed by atoms with E-state index in [0.717, 1.165) is 0 Å². The van der Waals surface area contributed by atoms with Crippen molar-refractivity contribution in [1.82, 2.24) is 0 Å². The summed E-state index contributed by atoms with van der Waals surface area (Å²) in [7, 11) is 0. The third kappa shape index (κ3) is 5.03. The molecule has 0 saturated carbocycles. The molecule has 156 valence electrons. The zero-order chi connectivity index (χ0) is 21.1. The summed E-state index contributed by atoms with van der Waals surface area (Å²) in [5.41, 5.74) is 9.93. The van der Waals surface area contributed by atoms with Crippen LogP contribution in [0, 0.1) is 17.8 Å². The van der Waals surface area contributed by atoms with Gasteiger partial charge < -0.3 is 0 Å². The molecule has 0 heterocycles. The normalized spacial score (nSPS) is 28.3. The van der Waals surface area contributed by atoms with Crippen molar-refractivity contribution in [2.24, 2.45) is 10.8 Å². The minimum absolute atomic E-state index is 0.320. The van der Waals surface area contributed by atoms with E-state index in [1.54, 1.807) is 16.7 Å². The van der Waals surface area contributed by atoms with Gasteiger partial charge in [0.15, 0.2) is 0 Å². The van der Waals surface area contributed by atoms with Crippen LogP contribution in [0.2, 0.25) is 0 Å². The van der Waals surface area contributed by atoms with Crippen molar-refractivity contribution < 1.29 is 0 Å². The number of hydrogen-bond acceptors (Lipinski definition) is 0. The predicted molar refractivity (Wildman–Crippen MR) is 129 cm³/mol. The van der Waals surface area contributed by atoms with Crippen molar-refractivity contribution in [3.8, 4) is 0 Å². The lowest BCUT2D eigenvalue weighted by atomic mass is 9.67. The molecule has 0 spiro atoms. The molecule has 0 saturated heterocycles. The predicted octanol–water partition coefficient (Wildman–Crippen LogP) is 8.99. The molecule has 3 rings (SSSR count). The molecule has 0 heteroatoms. The fraction of sp³-hybridized carbons (Fsp3) is 0.517. The number of allylic oxidation sites excluding steroid dienone is 8. The van der Waals surface area contributed by atoms with E-state index in [-0.39, 0.29) is 0 Å². The third-order valence-electron chi connectivity index (χ3n) is 7.36. The Morgan fingerprint density at radius 3 is 2.45 bits per heavy atom. The first-order valence-corrected chi connectivity index (χ1v) is 11.6. The SMILES string of the molecule is C/C=C(C)\C=C/CC1(C)CC(CC)=C(C2(C)CCC=C(c3ccc(C)cc3)C2)C1. The topological polar surface area (TPSA) is 0 Å². The van der Waals surface area contributed by atoms with Crippen LogP contribution in [-0.4, -0.2) is 0 Å². The molecule has 2 aliphatic carbocycles. The highest BCUT2D eigenvalue weighted by atomic mass is 14.5. The molecule has 0 aliphatic heterocycles. The van der Waals surface area contributed by atoms with Crippen LogP contribution in [0.5, 0.6) is 0 Å². The maximum atomic E-state index is 2.55. The summed E-state index contributed by atoms with van der Waals surface area (Å²) in [6.45, 7) is 13.9. The molecule has 0 aromatic heterocycles. The van der Waals surface area contributed by atoms with E-state index in [1.807, 2.05) is 0 Å². The maximum Gasteiger partial charge on any atom is -0.00701 e. The molecule has 2 unspecified atom stereocenters. The second-order valence-electron chi connectivity index (χ2n) is 10.1. The highest BCUT2D eigenvalue weighted by molar-refractivity contribution is 5.68. The van der Waals surface area contributed by atoms with Gasteiger partial charge in [-0.05, 0) is 87.7 Å². The van der Waals surface area contributed by atoms with E-state index in [4.69, 9.17) is 0 Å². The van der Waals surface area contributed by atoms with Gasteiger partial charge in [-0.2, -0.15) is 0 Å². The molecule has 0 radical (unpaired) electrons. The first kappa shape index (κ1) is 21.9. The Balaban J connectivity index is 1.79. The lowest BCUT2D eigenvalue weighted by Gasteiger charge is -2.38. The molecule has 2 aliphatic rings. The van der Waals surface area contributed by atoms with Crippen molar-refractivity contribution in [2.45, 2.75) is 86.5 Å². The molecule has 0 bridgehead atoms. The average molecular weight is 389 g/mol. The fourth-order valence-corrected chi connectivity index (χ4v) is 5.38. The Bertz CT molecular complexity index is 843. The second kappa shape index (κ2) is 8.90. The molecule has 2 atom stereocenters. The van der Waals surface area contributed by atoms with Crippen molar-refractivity contribution in [1.29, 1.82) is 0 Å². The quantitative estimate of drug-likeness (QED) is 0.337. The molecule has 0 nitrogen and oxygen atoms in total. The van der Waals surface area contributed by atoms with Crippen LogP contribution in [0.1, 0.15) is 90.7 Å². The first-order chi connectivity index (χ1) is 13.8. The van der Waals surface area contributed by atoms with Crippen molar-refractivity contribution in [3.05, 3.63) is 76.4 Å². The summed E-state index contributed by atoms with van der Waals surface area (Å²) >= 11 is 0. The van der Waals surface area contributed by atoms with Crippen LogP contribution in [0.3, 0.4) is 0 Å². The average Bonchev–Trinajstić information content (AvgIpc) is 3.06. The van der Waals surface area contributed by atoms with Gasteiger partial charge in [-0.15, -0.1) is 0 Å². The summed E-state index contributed by atoms with van der Waals surface area (Å²) in [6, 6.07) is 9.14. The van der Waals surface area contributed by atoms with Gasteiger partial charge >= 0.3 is 0 Å². The maximum absolute atomic E-state index is 2.55. The zero-order valence-corrected chi connectivity index (χ0v) is 19.6. The number of aryl methyl sites for hydroxylation is 1. The van der Waals surface area contributed by atoms with Crippen LogP contribution in [0.25, 0.3) is 5.57 Å². The molecular weight excluding hydrogens is 348 g/mol. The third-order valence-corrected chi connectivity index (χ3v) is 7.36. The monoisotopic (exact) mass is 388 g/mol. The lowest BCUT2D eigenvalue weighted by molar-refractivity contribution is 0.302. The number of rotatable bonds is 6. The standard InChI is InChI=1S/C29H40/c1-7-22(3)11-9-17-28(5)19-24(8-2)27(21-28)29(6)18-10-12-26(20-29)25-15-13-23(4)14-16-25/h7,9,11-16H,8,10,17-21H2,1-6H3/b11-9-,22-7-. The largest absolute Gasteiger partial charge is 0.0847 e. The van der Waals surface area contributed by atoms with Gasteiger partial charge in [0.2, 0.25) is 0 Å². The van der Waals surface area contributed by atoms with Crippen LogP contribution in [-0.2, 0) is 0 Å². The minimum atomic E-state index is 0.320. The Morgan fingerprint density at radius 2 is 1.79 bits per heavy atom. The van der Waals surface area contributed by atoms with Crippen molar-refractivity contribution in [2.75, 3.05) is 0 Å². The van der Waals surface area contributed by atoms with Crippen molar-refractivity contribution in [3.63, 3.8) is 0 Å². The van der Waals surface area contributed by atoms with Gasteiger partial charge in [0, 0.05) is 0 Å². The van der Waals surface area contributed by atoms with Crippen molar-refractivity contribution >= 4 is 5.57 Å². The fourth-order valence-electron chi connectivity index (χ4n) is 5.38. The highest BCUT2D eigenvalue weighted by Crippen LogP contribution is 2.56.